The van der Waals surface area contributed by atoms with Crippen LogP contribution >= 0.6 is 11.6 Å². The Morgan fingerprint density at radius 1 is 1.52 bits per heavy atom. The summed E-state index contributed by atoms with van der Waals surface area (Å²) in [5.41, 5.74) is 6.85. The summed E-state index contributed by atoms with van der Waals surface area (Å²) >= 11 is 6.19. The molecule has 0 aromatic heterocycles. The van der Waals surface area contributed by atoms with E-state index < -0.39 is 0 Å². The summed E-state index contributed by atoms with van der Waals surface area (Å²) in [5.74, 6) is -0.317. The largest absolute Gasteiger partial charge is 0.377 e. The topological polar surface area (TPSA) is 38.5 Å². The molecule has 5 heteroatoms. The quantitative estimate of drug-likeness (QED) is 0.875. The standard InChI is InChI=1S/C16H24ClFN2O/c1-2-8-21-13-4-3-7-20(11-13)16(10-19)14-6-5-12(18)9-15(14)17/h5-6,9,13,16H,2-4,7-8,10-11,19H2,1H3. The third-order valence-electron chi connectivity index (χ3n) is 3.95. The molecule has 1 aliphatic rings. The van der Waals surface area contributed by atoms with Gasteiger partial charge in [0.2, 0.25) is 0 Å². The smallest absolute Gasteiger partial charge is 0.124 e. The highest BCUT2D eigenvalue weighted by molar-refractivity contribution is 6.31. The Labute approximate surface area is 131 Å². The average Bonchev–Trinajstić information content (AvgIpc) is 2.48. The van der Waals surface area contributed by atoms with E-state index in [9.17, 15) is 4.39 Å². The van der Waals surface area contributed by atoms with Crippen molar-refractivity contribution >= 4 is 11.6 Å². The predicted octanol–water partition coefficient (Wildman–Crippen LogP) is 3.37. The van der Waals surface area contributed by atoms with Crippen molar-refractivity contribution in [3.8, 4) is 0 Å². The Hall–Kier alpha value is -0.680. The van der Waals surface area contributed by atoms with Crippen LogP contribution in [0.15, 0.2) is 18.2 Å². The van der Waals surface area contributed by atoms with E-state index in [0.717, 1.165) is 44.5 Å². The van der Waals surface area contributed by atoms with Crippen molar-refractivity contribution in [3.05, 3.63) is 34.6 Å². The van der Waals surface area contributed by atoms with Gasteiger partial charge in [-0.05, 0) is 43.5 Å². The lowest BCUT2D eigenvalue weighted by atomic mass is 10.0. The lowest BCUT2D eigenvalue weighted by Gasteiger charge is -2.38. The van der Waals surface area contributed by atoms with Crippen LogP contribution in [0.2, 0.25) is 5.02 Å². The zero-order valence-corrected chi connectivity index (χ0v) is 13.3. The molecule has 0 saturated carbocycles. The number of likely N-dealkylation sites (tertiary alicyclic amines) is 1. The summed E-state index contributed by atoms with van der Waals surface area (Å²) in [4.78, 5) is 2.31. The van der Waals surface area contributed by atoms with E-state index in [2.05, 4.69) is 11.8 Å². The first-order valence-corrected chi connectivity index (χ1v) is 8.04. The fourth-order valence-electron chi connectivity index (χ4n) is 2.91. The second kappa shape index (κ2) is 8.08. The minimum atomic E-state index is -0.317. The number of nitrogens with two attached hydrogens (primary N) is 1. The monoisotopic (exact) mass is 314 g/mol. The van der Waals surface area contributed by atoms with Crippen molar-refractivity contribution in [1.82, 2.24) is 4.90 Å². The van der Waals surface area contributed by atoms with Crippen molar-refractivity contribution in [2.24, 2.45) is 5.73 Å². The van der Waals surface area contributed by atoms with Gasteiger partial charge < -0.3 is 10.5 Å². The van der Waals surface area contributed by atoms with E-state index >= 15 is 0 Å². The van der Waals surface area contributed by atoms with E-state index in [-0.39, 0.29) is 18.0 Å². The van der Waals surface area contributed by atoms with Gasteiger partial charge >= 0.3 is 0 Å². The van der Waals surface area contributed by atoms with Crippen molar-refractivity contribution in [3.63, 3.8) is 0 Å². The summed E-state index contributed by atoms with van der Waals surface area (Å²) in [6.45, 7) is 5.20. The second-order valence-electron chi connectivity index (χ2n) is 5.55. The van der Waals surface area contributed by atoms with E-state index in [1.54, 1.807) is 6.07 Å². The number of halogens is 2. The average molecular weight is 315 g/mol. The van der Waals surface area contributed by atoms with Crippen LogP contribution in [0.1, 0.15) is 37.8 Å². The van der Waals surface area contributed by atoms with Gasteiger partial charge in [-0.25, -0.2) is 4.39 Å². The molecule has 0 bridgehead atoms. The van der Waals surface area contributed by atoms with Crippen LogP contribution in [0, 0.1) is 5.82 Å². The lowest BCUT2D eigenvalue weighted by molar-refractivity contribution is -0.0118. The number of nitrogens with zero attached hydrogens (tertiary/aromatic N) is 1. The molecule has 1 aromatic rings. The van der Waals surface area contributed by atoms with Crippen LogP contribution in [-0.4, -0.2) is 37.2 Å². The van der Waals surface area contributed by atoms with Gasteiger partial charge in [-0.3, -0.25) is 4.90 Å². The molecule has 1 fully saturated rings. The number of hydrogen-bond donors (Lipinski definition) is 1. The Bertz CT molecular complexity index is 458. The van der Waals surface area contributed by atoms with Crippen LogP contribution in [0.25, 0.3) is 0 Å². The Morgan fingerprint density at radius 2 is 2.33 bits per heavy atom. The van der Waals surface area contributed by atoms with Crippen LogP contribution in [0.4, 0.5) is 4.39 Å². The maximum absolute atomic E-state index is 13.2. The van der Waals surface area contributed by atoms with Crippen molar-refractivity contribution in [2.45, 2.75) is 38.3 Å². The van der Waals surface area contributed by atoms with Gasteiger partial charge in [0, 0.05) is 30.8 Å². The summed E-state index contributed by atoms with van der Waals surface area (Å²) in [5, 5.41) is 0.446. The number of piperidine rings is 1. The molecule has 2 unspecified atom stereocenters. The fourth-order valence-corrected chi connectivity index (χ4v) is 3.21. The molecule has 2 N–H and O–H groups in total. The van der Waals surface area contributed by atoms with Gasteiger partial charge in [-0.2, -0.15) is 0 Å². The highest BCUT2D eigenvalue weighted by atomic mass is 35.5. The first kappa shape index (κ1) is 16.7. The third kappa shape index (κ3) is 4.39. The number of ether oxygens (including phenoxy) is 1. The summed E-state index contributed by atoms with van der Waals surface area (Å²) < 4.78 is 19.1. The van der Waals surface area contributed by atoms with Gasteiger partial charge in [0.25, 0.3) is 0 Å². The first-order valence-electron chi connectivity index (χ1n) is 7.66. The molecule has 118 valence electrons. The molecule has 2 atom stereocenters. The SMILES string of the molecule is CCCOC1CCCN(C(CN)c2ccc(F)cc2Cl)C1. The molecule has 1 heterocycles. The van der Waals surface area contributed by atoms with Gasteiger partial charge in [-0.1, -0.05) is 24.6 Å². The van der Waals surface area contributed by atoms with Crippen LogP contribution in [0.5, 0.6) is 0 Å². The minimum Gasteiger partial charge on any atom is -0.377 e. The van der Waals surface area contributed by atoms with E-state index in [4.69, 9.17) is 22.1 Å². The van der Waals surface area contributed by atoms with Gasteiger partial charge in [0.1, 0.15) is 5.82 Å². The first-order chi connectivity index (χ1) is 10.2. The molecule has 1 aliphatic heterocycles. The number of hydrogen-bond acceptors (Lipinski definition) is 3. The van der Waals surface area contributed by atoms with Crippen molar-refractivity contribution < 1.29 is 9.13 Å². The van der Waals surface area contributed by atoms with Gasteiger partial charge in [0.15, 0.2) is 0 Å². The Morgan fingerprint density at radius 3 is 3.00 bits per heavy atom. The fraction of sp³-hybridized carbons (Fsp3) is 0.625. The molecule has 0 aliphatic carbocycles. The molecule has 2 rings (SSSR count). The van der Waals surface area contributed by atoms with Crippen molar-refractivity contribution in [1.29, 1.82) is 0 Å². The maximum Gasteiger partial charge on any atom is 0.124 e. The third-order valence-corrected chi connectivity index (χ3v) is 4.28. The molecule has 0 radical (unpaired) electrons. The highest BCUT2D eigenvalue weighted by Gasteiger charge is 2.27. The molecular weight excluding hydrogens is 291 g/mol. The minimum absolute atomic E-state index is 0.0196. The Balaban J connectivity index is 2.09. The number of rotatable bonds is 6. The van der Waals surface area contributed by atoms with Crippen LogP contribution < -0.4 is 5.73 Å². The predicted molar refractivity (Wildman–Crippen MR) is 84.0 cm³/mol. The van der Waals surface area contributed by atoms with Gasteiger partial charge in [-0.15, -0.1) is 0 Å². The zero-order chi connectivity index (χ0) is 15.2. The summed E-state index contributed by atoms with van der Waals surface area (Å²) in [7, 11) is 0. The highest BCUT2D eigenvalue weighted by Crippen LogP contribution is 2.30. The molecule has 0 spiro atoms. The van der Waals surface area contributed by atoms with E-state index in [0.29, 0.717) is 11.6 Å². The lowest BCUT2D eigenvalue weighted by Crippen LogP contribution is -2.44. The van der Waals surface area contributed by atoms with E-state index in [1.807, 2.05) is 0 Å². The Kier molecular flexibility index (Phi) is 6.42. The normalized spacial score (nSPS) is 21.4. The van der Waals surface area contributed by atoms with E-state index in [1.165, 1.54) is 12.1 Å². The maximum atomic E-state index is 13.2. The molecule has 1 saturated heterocycles. The molecule has 0 amide bonds. The zero-order valence-electron chi connectivity index (χ0n) is 12.5. The molecule has 21 heavy (non-hydrogen) atoms. The molecule has 3 nitrogen and oxygen atoms in total. The molecular formula is C16H24ClFN2O. The second-order valence-corrected chi connectivity index (χ2v) is 5.95. The van der Waals surface area contributed by atoms with Gasteiger partial charge in [0.05, 0.1) is 6.10 Å². The summed E-state index contributed by atoms with van der Waals surface area (Å²) in [6, 6.07) is 4.56. The number of benzene rings is 1. The molecule has 1 aromatic carbocycles. The van der Waals surface area contributed by atoms with Crippen LogP contribution in [-0.2, 0) is 4.74 Å². The summed E-state index contributed by atoms with van der Waals surface area (Å²) in [6.07, 6.45) is 3.46. The van der Waals surface area contributed by atoms with Crippen LogP contribution in [0.3, 0.4) is 0 Å². The van der Waals surface area contributed by atoms with Crippen molar-refractivity contribution in [2.75, 3.05) is 26.2 Å².